The standard InChI is InChI=1S/C47H90O6/c1-5-7-9-11-13-15-17-19-21-26-30-34-38-45(48)51-41-44(42-52-46(49)39-35-31-27-24-23-25-29-33-37-43(3)4)53-47(50)40-36-32-28-22-20-18-16-14-12-10-8-6-2/h43-44H,5-42H2,1-4H3/t44-/m1/s1. The molecule has 1 atom stereocenters. The highest BCUT2D eigenvalue weighted by Crippen LogP contribution is 2.16. The van der Waals surface area contributed by atoms with Crippen molar-refractivity contribution in [2.75, 3.05) is 13.2 Å². The number of carbonyl (C=O) groups excluding carboxylic acids is 3. The summed E-state index contributed by atoms with van der Waals surface area (Å²) in [4.78, 5) is 37.7. The second-order valence-corrected chi connectivity index (χ2v) is 16.5. The molecular formula is C47H90O6. The van der Waals surface area contributed by atoms with Crippen LogP contribution in [0.4, 0.5) is 0 Å². The third-order valence-electron chi connectivity index (χ3n) is 10.5. The number of hydrogen-bond donors (Lipinski definition) is 0. The molecule has 6 nitrogen and oxygen atoms in total. The molecule has 314 valence electrons. The minimum absolute atomic E-state index is 0.0638. The maximum absolute atomic E-state index is 12.7. The van der Waals surface area contributed by atoms with Gasteiger partial charge in [-0.1, -0.05) is 220 Å². The first-order valence-electron chi connectivity index (χ1n) is 23.4. The molecule has 0 aliphatic rings. The van der Waals surface area contributed by atoms with Gasteiger partial charge in [-0.25, -0.2) is 0 Å². The summed E-state index contributed by atoms with van der Waals surface area (Å²) in [6.07, 6.45) is 40.8. The van der Waals surface area contributed by atoms with E-state index in [1.54, 1.807) is 0 Å². The molecule has 6 heteroatoms. The molecule has 0 amide bonds. The van der Waals surface area contributed by atoms with Gasteiger partial charge >= 0.3 is 17.9 Å². The number of unbranched alkanes of at least 4 members (excludes halogenated alkanes) is 29. The van der Waals surface area contributed by atoms with Crippen molar-refractivity contribution in [3.63, 3.8) is 0 Å². The Hall–Kier alpha value is -1.59. The SMILES string of the molecule is CCCCCCCCCCCCCCC(=O)OC[C@H](COC(=O)CCCCCCCCCCC(C)C)OC(=O)CCCCCCCCCCCCCC. The first-order valence-corrected chi connectivity index (χ1v) is 23.4. The molecule has 0 N–H and O–H groups in total. The lowest BCUT2D eigenvalue weighted by atomic mass is 10.0. The number of rotatable bonds is 42. The van der Waals surface area contributed by atoms with Crippen molar-refractivity contribution < 1.29 is 28.6 Å². The van der Waals surface area contributed by atoms with E-state index in [4.69, 9.17) is 14.2 Å². The van der Waals surface area contributed by atoms with E-state index < -0.39 is 6.10 Å². The Kier molecular flexibility index (Phi) is 40.3. The molecule has 0 saturated carbocycles. The second kappa shape index (κ2) is 41.6. The normalized spacial score (nSPS) is 11.9. The highest BCUT2D eigenvalue weighted by atomic mass is 16.6. The van der Waals surface area contributed by atoms with Crippen molar-refractivity contribution in [1.29, 1.82) is 0 Å². The molecular weight excluding hydrogens is 661 g/mol. The first-order chi connectivity index (χ1) is 25.9. The fraction of sp³-hybridized carbons (Fsp3) is 0.936. The molecule has 0 unspecified atom stereocenters. The van der Waals surface area contributed by atoms with Crippen LogP contribution in [0.25, 0.3) is 0 Å². The molecule has 0 aliphatic heterocycles. The van der Waals surface area contributed by atoms with Gasteiger partial charge in [-0.05, 0) is 25.2 Å². The fourth-order valence-corrected chi connectivity index (χ4v) is 6.98. The number of hydrogen-bond acceptors (Lipinski definition) is 6. The predicted molar refractivity (Wildman–Crippen MR) is 224 cm³/mol. The summed E-state index contributed by atoms with van der Waals surface area (Å²) in [6, 6.07) is 0. The minimum atomic E-state index is -0.759. The maximum atomic E-state index is 12.7. The van der Waals surface area contributed by atoms with E-state index in [2.05, 4.69) is 27.7 Å². The quantitative estimate of drug-likeness (QED) is 0.0351. The number of ether oxygens (including phenoxy) is 3. The molecule has 0 aliphatic carbocycles. The van der Waals surface area contributed by atoms with E-state index in [1.807, 2.05) is 0 Å². The highest BCUT2D eigenvalue weighted by molar-refractivity contribution is 5.71. The van der Waals surface area contributed by atoms with Crippen LogP contribution in [-0.2, 0) is 28.6 Å². The Labute approximate surface area is 329 Å². The molecule has 0 aromatic rings. The van der Waals surface area contributed by atoms with Gasteiger partial charge in [0.25, 0.3) is 0 Å². The van der Waals surface area contributed by atoms with Crippen LogP contribution in [-0.4, -0.2) is 37.2 Å². The molecule has 0 radical (unpaired) electrons. The fourth-order valence-electron chi connectivity index (χ4n) is 6.98. The molecule has 0 bridgehead atoms. The topological polar surface area (TPSA) is 78.9 Å². The molecule has 0 aromatic carbocycles. The van der Waals surface area contributed by atoms with Gasteiger partial charge in [-0.3, -0.25) is 14.4 Å². The summed E-state index contributed by atoms with van der Waals surface area (Å²) >= 11 is 0. The molecule has 53 heavy (non-hydrogen) atoms. The molecule has 0 fully saturated rings. The van der Waals surface area contributed by atoms with Crippen LogP contribution in [0.15, 0.2) is 0 Å². The average molecular weight is 751 g/mol. The van der Waals surface area contributed by atoms with Crippen LogP contribution in [0.1, 0.15) is 259 Å². The molecule has 0 saturated heterocycles. The monoisotopic (exact) mass is 751 g/mol. The van der Waals surface area contributed by atoms with Crippen molar-refractivity contribution in [2.45, 2.75) is 265 Å². The summed E-state index contributed by atoms with van der Waals surface area (Å²) in [7, 11) is 0. The van der Waals surface area contributed by atoms with Gasteiger partial charge in [-0.2, -0.15) is 0 Å². The Bertz CT molecular complexity index is 796. The average Bonchev–Trinajstić information content (AvgIpc) is 3.14. The van der Waals surface area contributed by atoms with E-state index in [0.717, 1.165) is 63.7 Å². The molecule has 0 heterocycles. The van der Waals surface area contributed by atoms with Crippen LogP contribution in [0.5, 0.6) is 0 Å². The molecule has 0 aromatic heterocycles. The van der Waals surface area contributed by atoms with E-state index in [-0.39, 0.29) is 31.1 Å². The number of carbonyl (C=O) groups is 3. The summed E-state index contributed by atoms with van der Waals surface area (Å²) < 4.78 is 16.7. The van der Waals surface area contributed by atoms with Gasteiger partial charge in [0.15, 0.2) is 6.10 Å². The van der Waals surface area contributed by atoms with Crippen LogP contribution < -0.4 is 0 Å². The Morgan fingerprint density at radius 3 is 0.925 bits per heavy atom. The van der Waals surface area contributed by atoms with Crippen molar-refractivity contribution in [1.82, 2.24) is 0 Å². The summed E-state index contributed by atoms with van der Waals surface area (Å²) in [6.45, 7) is 8.96. The third-order valence-corrected chi connectivity index (χ3v) is 10.5. The lowest BCUT2D eigenvalue weighted by Gasteiger charge is -2.18. The smallest absolute Gasteiger partial charge is 0.306 e. The summed E-state index contributed by atoms with van der Waals surface area (Å²) in [5, 5.41) is 0. The van der Waals surface area contributed by atoms with E-state index in [9.17, 15) is 14.4 Å². The summed E-state index contributed by atoms with van der Waals surface area (Å²) in [5.41, 5.74) is 0. The summed E-state index contributed by atoms with van der Waals surface area (Å²) in [5.74, 6) is -0.0571. The number of esters is 3. The zero-order valence-electron chi connectivity index (χ0n) is 36.0. The van der Waals surface area contributed by atoms with Crippen LogP contribution in [0.2, 0.25) is 0 Å². The minimum Gasteiger partial charge on any atom is -0.462 e. The van der Waals surface area contributed by atoms with Crippen LogP contribution in [0.3, 0.4) is 0 Å². The largest absolute Gasteiger partial charge is 0.462 e. The van der Waals surface area contributed by atoms with Gasteiger partial charge in [0.2, 0.25) is 0 Å². The van der Waals surface area contributed by atoms with Crippen molar-refractivity contribution in [3.8, 4) is 0 Å². The first kappa shape index (κ1) is 51.4. The zero-order valence-corrected chi connectivity index (χ0v) is 36.0. The zero-order chi connectivity index (χ0) is 38.9. The van der Waals surface area contributed by atoms with Crippen molar-refractivity contribution in [3.05, 3.63) is 0 Å². The van der Waals surface area contributed by atoms with Crippen LogP contribution in [0, 0.1) is 5.92 Å². The van der Waals surface area contributed by atoms with Gasteiger partial charge in [-0.15, -0.1) is 0 Å². The van der Waals surface area contributed by atoms with Gasteiger partial charge in [0, 0.05) is 19.3 Å². The van der Waals surface area contributed by atoms with Crippen molar-refractivity contribution in [2.24, 2.45) is 5.92 Å². The van der Waals surface area contributed by atoms with E-state index >= 15 is 0 Å². The van der Waals surface area contributed by atoms with Gasteiger partial charge in [0.05, 0.1) is 0 Å². The maximum Gasteiger partial charge on any atom is 0.306 e. The van der Waals surface area contributed by atoms with Crippen molar-refractivity contribution >= 4 is 17.9 Å². The van der Waals surface area contributed by atoms with Crippen LogP contribution >= 0.6 is 0 Å². The van der Waals surface area contributed by atoms with E-state index in [1.165, 1.54) is 154 Å². The predicted octanol–water partition coefficient (Wildman–Crippen LogP) is 14.7. The van der Waals surface area contributed by atoms with Gasteiger partial charge < -0.3 is 14.2 Å². The van der Waals surface area contributed by atoms with E-state index in [0.29, 0.717) is 19.3 Å². The Balaban J connectivity index is 4.33. The third kappa shape index (κ3) is 41.4. The highest BCUT2D eigenvalue weighted by Gasteiger charge is 2.19. The second-order valence-electron chi connectivity index (χ2n) is 16.5. The Morgan fingerprint density at radius 1 is 0.358 bits per heavy atom. The molecule has 0 spiro atoms. The lowest BCUT2D eigenvalue weighted by molar-refractivity contribution is -0.167. The lowest BCUT2D eigenvalue weighted by Crippen LogP contribution is -2.30. The Morgan fingerprint density at radius 2 is 0.623 bits per heavy atom. The molecule has 0 rings (SSSR count). The van der Waals surface area contributed by atoms with Gasteiger partial charge in [0.1, 0.15) is 13.2 Å².